The molecule has 1 N–H and O–H groups in total. The number of hydrogen-bond acceptors (Lipinski definition) is 6. The average molecular weight is 324 g/mol. The molecule has 7 heteroatoms. The zero-order chi connectivity index (χ0) is 15.5. The maximum absolute atomic E-state index is 12.5. The van der Waals surface area contributed by atoms with E-state index in [1.165, 1.54) is 6.20 Å². The Kier molecular flexibility index (Phi) is 4.83. The molecule has 0 bridgehead atoms. The lowest BCUT2D eigenvalue weighted by Crippen LogP contribution is -2.53. The van der Waals surface area contributed by atoms with Crippen LogP contribution in [0.25, 0.3) is 0 Å². The first-order chi connectivity index (χ1) is 10.7. The number of rotatable bonds is 4. The van der Waals surface area contributed by atoms with E-state index in [2.05, 4.69) is 15.2 Å². The van der Waals surface area contributed by atoms with Crippen molar-refractivity contribution in [2.45, 2.75) is 11.4 Å². The Balaban J connectivity index is 1.64. The van der Waals surface area contributed by atoms with Gasteiger partial charge in [-0.15, -0.1) is 11.6 Å². The van der Waals surface area contributed by atoms with Gasteiger partial charge in [-0.2, -0.15) is 0 Å². The Morgan fingerprint density at radius 1 is 1.32 bits per heavy atom. The molecule has 2 heterocycles. The summed E-state index contributed by atoms with van der Waals surface area (Å²) in [5.74, 6) is -0.453. The van der Waals surface area contributed by atoms with Gasteiger partial charge < -0.3 is 10.1 Å². The summed E-state index contributed by atoms with van der Waals surface area (Å²) in [5, 5.41) is 2.23. The predicted octanol–water partition coefficient (Wildman–Crippen LogP) is 0.358. The van der Waals surface area contributed by atoms with Crippen LogP contribution in [0.5, 0.6) is 0 Å². The molecule has 0 amide bonds. The number of pyridine rings is 1. The molecule has 22 heavy (non-hydrogen) atoms. The highest BCUT2D eigenvalue weighted by atomic mass is 35.5. The molecule has 2 atom stereocenters. The molecule has 1 saturated heterocycles. The zero-order valence-electron chi connectivity index (χ0n) is 12.1. The summed E-state index contributed by atoms with van der Waals surface area (Å²) in [6.45, 7) is 4.61. The predicted molar refractivity (Wildman–Crippen MR) is 81.6 cm³/mol. The van der Waals surface area contributed by atoms with E-state index in [9.17, 15) is 9.59 Å². The summed E-state index contributed by atoms with van der Waals surface area (Å²) >= 11 is 6.18. The number of fused-ring (bicyclic) bond motifs is 1. The van der Waals surface area contributed by atoms with Crippen LogP contribution in [0.1, 0.15) is 20.8 Å². The third-order valence-electron chi connectivity index (χ3n) is 4.03. The van der Waals surface area contributed by atoms with Crippen molar-refractivity contribution >= 4 is 23.2 Å². The topological polar surface area (TPSA) is 71.5 Å². The number of carbonyl (C=O) groups is 2. The third kappa shape index (κ3) is 3.05. The number of aromatic nitrogens is 1. The number of nitrogens with zero attached hydrogens (tertiary/aromatic N) is 2. The number of Topliss-reactive ketones (excluding diaryl/α,β-unsaturated/α-hetero) is 2. The molecule has 0 saturated carbocycles. The number of halogens is 1. The smallest absolute Gasteiger partial charge is 0.200 e. The largest absolute Gasteiger partial charge is 0.379 e. The lowest BCUT2D eigenvalue weighted by molar-refractivity contribution is 0.0380. The SMILES string of the molecule is O=C1c2cccnc2C(=O)C(NCCN2CCOCC2)C1Cl. The van der Waals surface area contributed by atoms with Crippen molar-refractivity contribution in [2.24, 2.45) is 0 Å². The van der Waals surface area contributed by atoms with Gasteiger partial charge in [0.25, 0.3) is 0 Å². The molecular formula is C15H18ClN3O3. The van der Waals surface area contributed by atoms with Gasteiger partial charge in [0, 0.05) is 37.9 Å². The second-order valence-corrected chi connectivity index (χ2v) is 5.89. The van der Waals surface area contributed by atoms with E-state index in [0.717, 1.165) is 32.8 Å². The van der Waals surface area contributed by atoms with E-state index >= 15 is 0 Å². The Morgan fingerprint density at radius 3 is 2.86 bits per heavy atom. The summed E-state index contributed by atoms with van der Waals surface area (Å²) in [6.07, 6.45) is 1.52. The van der Waals surface area contributed by atoms with E-state index in [4.69, 9.17) is 16.3 Å². The maximum atomic E-state index is 12.5. The highest BCUT2D eigenvalue weighted by Crippen LogP contribution is 2.23. The molecule has 6 nitrogen and oxygen atoms in total. The fourth-order valence-corrected chi connectivity index (χ4v) is 3.10. The molecule has 3 rings (SSSR count). The van der Waals surface area contributed by atoms with E-state index in [0.29, 0.717) is 12.1 Å². The number of nitrogens with one attached hydrogen (secondary N) is 1. The standard InChI is InChI=1S/C15H18ClN3O3/c16-11-13(18-4-5-19-6-8-22-9-7-19)15(21)12-10(14(11)20)2-1-3-17-12/h1-3,11,13,18H,4-9H2. The fraction of sp³-hybridized carbons (Fsp3) is 0.533. The Hall–Kier alpha value is -1.34. The molecule has 1 aromatic heterocycles. The second-order valence-electron chi connectivity index (χ2n) is 5.42. The normalized spacial score (nSPS) is 26.0. The number of carbonyl (C=O) groups excluding carboxylic acids is 2. The van der Waals surface area contributed by atoms with Gasteiger partial charge in [-0.1, -0.05) is 0 Å². The van der Waals surface area contributed by atoms with E-state index < -0.39 is 11.4 Å². The molecule has 1 fully saturated rings. The fourth-order valence-electron chi connectivity index (χ4n) is 2.78. The summed E-state index contributed by atoms with van der Waals surface area (Å²) in [4.78, 5) is 31.0. The molecule has 118 valence electrons. The van der Waals surface area contributed by atoms with Crippen molar-refractivity contribution in [1.29, 1.82) is 0 Å². The van der Waals surface area contributed by atoms with Crippen LogP contribution in [-0.4, -0.2) is 72.3 Å². The highest BCUT2D eigenvalue weighted by Gasteiger charge is 2.40. The lowest BCUT2D eigenvalue weighted by Gasteiger charge is -2.29. The van der Waals surface area contributed by atoms with Gasteiger partial charge in [-0.05, 0) is 12.1 Å². The van der Waals surface area contributed by atoms with Crippen LogP contribution in [0, 0.1) is 0 Å². The Bertz CT molecular complexity index is 575. The summed E-state index contributed by atoms with van der Waals surface area (Å²) < 4.78 is 5.29. The molecule has 1 aliphatic carbocycles. The number of morpholine rings is 1. The van der Waals surface area contributed by atoms with Gasteiger partial charge in [0.15, 0.2) is 5.78 Å². The Morgan fingerprint density at radius 2 is 2.09 bits per heavy atom. The zero-order valence-corrected chi connectivity index (χ0v) is 12.9. The van der Waals surface area contributed by atoms with Crippen LogP contribution in [-0.2, 0) is 4.74 Å². The monoisotopic (exact) mass is 323 g/mol. The molecule has 0 spiro atoms. The Labute approximate surface area is 133 Å². The molecule has 2 aliphatic rings. The van der Waals surface area contributed by atoms with Crippen molar-refractivity contribution < 1.29 is 14.3 Å². The second kappa shape index (κ2) is 6.83. The molecule has 0 radical (unpaired) electrons. The van der Waals surface area contributed by atoms with Crippen LogP contribution in [0.4, 0.5) is 0 Å². The first-order valence-corrected chi connectivity index (χ1v) is 7.83. The third-order valence-corrected chi connectivity index (χ3v) is 4.48. The molecule has 1 aliphatic heterocycles. The highest BCUT2D eigenvalue weighted by molar-refractivity contribution is 6.39. The van der Waals surface area contributed by atoms with Crippen molar-refractivity contribution in [3.63, 3.8) is 0 Å². The summed E-state index contributed by atoms with van der Waals surface area (Å²) in [6, 6.07) is 2.53. The van der Waals surface area contributed by atoms with Crippen LogP contribution in [0.2, 0.25) is 0 Å². The molecular weight excluding hydrogens is 306 g/mol. The van der Waals surface area contributed by atoms with Crippen LogP contribution < -0.4 is 5.32 Å². The quantitative estimate of drug-likeness (QED) is 0.807. The molecule has 0 aromatic carbocycles. The minimum Gasteiger partial charge on any atom is -0.379 e. The van der Waals surface area contributed by atoms with Gasteiger partial charge in [0.05, 0.1) is 19.3 Å². The number of ether oxygens (including phenoxy) is 1. The summed E-state index contributed by atoms with van der Waals surface area (Å²) in [5.41, 5.74) is 0.534. The molecule has 2 unspecified atom stereocenters. The molecule has 1 aromatic rings. The number of ketones is 2. The van der Waals surface area contributed by atoms with Crippen molar-refractivity contribution in [2.75, 3.05) is 39.4 Å². The van der Waals surface area contributed by atoms with Crippen molar-refractivity contribution in [1.82, 2.24) is 15.2 Å². The van der Waals surface area contributed by atoms with Crippen molar-refractivity contribution in [3.8, 4) is 0 Å². The van der Waals surface area contributed by atoms with Gasteiger partial charge in [-0.25, -0.2) is 0 Å². The summed E-state index contributed by atoms with van der Waals surface area (Å²) in [7, 11) is 0. The average Bonchev–Trinajstić information content (AvgIpc) is 2.57. The van der Waals surface area contributed by atoms with Gasteiger partial charge in [-0.3, -0.25) is 19.5 Å². The van der Waals surface area contributed by atoms with E-state index in [1.54, 1.807) is 12.1 Å². The van der Waals surface area contributed by atoms with Crippen molar-refractivity contribution in [3.05, 3.63) is 29.6 Å². The van der Waals surface area contributed by atoms with Crippen LogP contribution >= 0.6 is 11.6 Å². The number of hydrogen-bond donors (Lipinski definition) is 1. The lowest BCUT2D eigenvalue weighted by atomic mass is 9.89. The first-order valence-electron chi connectivity index (χ1n) is 7.39. The van der Waals surface area contributed by atoms with Gasteiger partial charge >= 0.3 is 0 Å². The number of alkyl halides is 1. The van der Waals surface area contributed by atoms with E-state index in [-0.39, 0.29) is 17.3 Å². The minimum atomic E-state index is -0.881. The van der Waals surface area contributed by atoms with Gasteiger partial charge in [0.1, 0.15) is 11.1 Å². The van der Waals surface area contributed by atoms with Crippen LogP contribution in [0.15, 0.2) is 18.3 Å². The maximum Gasteiger partial charge on any atom is 0.200 e. The minimum absolute atomic E-state index is 0.211. The first kappa shape index (κ1) is 15.6. The van der Waals surface area contributed by atoms with Crippen LogP contribution in [0.3, 0.4) is 0 Å². The van der Waals surface area contributed by atoms with E-state index in [1.807, 2.05) is 0 Å². The van der Waals surface area contributed by atoms with Gasteiger partial charge in [0.2, 0.25) is 5.78 Å².